The number of carbonyl (C=O) groups excluding carboxylic acids is 2. The Balaban J connectivity index is 1.38. The summed E-state index contributed by atoms with van der Waals surface area (Å²) in [6.07, 6.45) is 4.73. The zero-order chi connectivity index (χ0) is 19.7. The van der Waals surface area contributed by atoms with Gasteiger partial charge < -0.3 is 15.5 Å². The average molecular weight is 478 g/mol. The number of anilines is 1. The van der Waals surface area contributed by atoms with Crippen LogP contribution >= 0.6 is 38.6 Å². The van der Waals surface area contributed by atoms with E-state index in [-0.39, 0.29) is 18.4 Å². The highest BCUT2D eigenvalue weighted by Gasteiger charge is 2.26. The fraction of sp³-hybridized carbons (Fsp3) is 0.222. The Morgan fingerprint density at radius 3 is 2.89 bits per heavy atom. The first kappa shape index (κ1) is 19.0. The number of aromatic nitrogens is 2. The lowest BCUT2D eigenvalue weighted by Gasteiger charge is -2.33. The minimum absolute atomic E-state index is 0.0663. The Bertz CT molecular complexity index is 1080. The van der Waals surface area contributed by atoms with Crippen LogP contribution in [0.4, 0.5) is 5.82 Å². The Labute approximate surface area is 177 Å². The number of fused-ring (bicyclic) bond motifs is 1. The number of thiophene rings is 2. The fourth-order valence-corrected chi connectivity index (χ4v) is 5.29. The topological polar surface area (TPSA) is 92.4 Å². The molecule has 28 heavy (non-hydrogen) atoms. The number of hydrogen-bond donors (Lipinski definition) is 1. The van der Waals surface area contributed by atoms with E-state index in [1.807, 2.05) is 17.5 Å². The van der Waals surface area contributed by atoms with Gasteiger partial charge in [-0.15, -0.1) is 22.7 Å². The molecule has 1 fully saturated rings. The first-order chi connectivity index (χ1) is 13.5. The second-order valence-corrected chi connectivity index (χ2v) is 9.26. The van der Waals surface area contributed by atoms with Gasteiger partial charge in [-0.1, -0.05) is 0 Å². The van der Waals surface area contributed by atoms with Gasteiger partial charge in [0.05, 0.1) is 16.8 Å². The summed E-state index contributed by atoms with van der Waals surface area (Å²) >= 11 is 6.43. The highest BCUT2D eigenvalue weighted by atomic mass is 79.9. The van der Waals surface area contributed by atoms with Gasteiger partial charge in [-0.2, -0.15) is 0 Å². The summed E-state index contributed by atoms with van der Waals surface area (Å²) in [6.45, 7) is 1.58. The van der Waals surface area contributed by atoms with Crippen LogP contribution in [0, 0.1) is 0 Å². The third-order valence-corrected chi connectivity index (χ3v) is 7.14. The van der Waals surface area contributed by atoms with Gasteiger partial charge in [0.2, 0.25) is 11.8 Å². The van der Waals surface area contributed by atoms with E-state index >= 15 is 0 Å². The van der Waals surface area contributed by atoms with Gasteiger partial charge in [0.25, 0.3) is 0 Å². The lowest BCUT2D eigenvalue weighted by Crippen LogP contribution is -2.51. The van der Waals surface area contributed by atoms with E-state index in [0.29, 0.717) is 25.5 Å². The van der Waals surface area contributed by atoms with Gasteiger partial charge >= 0.3 is 0 Å². The summed E-state index contributed by atoms with van der Waals surface area (Å²) in [5.74, 6) is 0.235. The van der Waals surface area contributed by atoms with Crippen LogP contribution in [0.15, 0.2) is 34.4 Å². The maximum atomic E-state index is 12.5. The maximum absolute atomic E-state index is 12.5. The van der Waals surface area contributed by atoms with E-state index in [1.165, 1.54) is 23.7 Å². The predicted octanol–water partition coefficient (Wildman–Crippen LogP) is 2.98. The molecule has 10 heteroatoms. The molecule has 2 N–H and O–H groups in total. The molecule has 4 rings (SSSR count). The van der Waals surface area contributed by atoms with Gasteiger partial charge in [0, 0.05) is 38.8 Å². The highest BCUT2D eigenvalue weighted by molar-refractivity contribution is 9.10. The average Bonchev–Trinajstić information content (AvgIpc) is 3.28. The van der Waals surface area contributed by atoms with Crippen molar-refractivity contribution in [2.24, 2.45) is 0 Å². The molecule has 2 amide bonds. The van der Waals surface area contributed by atoms with Gasteiger partial charge in [-0.25, -0.2) is 9.97 Å². The number of nitrogens with zero attached hydrogens (tertiary/aromatic N) is 4. The number of amides is 2. The van der Waals surface area contributed by atoms with E-state index < -0.39 is 0 Å². The van der Waals surface area contributed by atoms with Crippen molar-refractivity contribution < 1.29 is 9.59 Å². The number of piperazine rings is 1. The molecule has 0 aliphatic carbocycles. The molecule has 0 atom stereocenters. The molecule has 1 saturated heterocycles. The molecule has 0 unspecified atom stereocenters. The van der Waals surface area contributed by atoms with Crippen LogP contribution in [0.1, 0.15) is 9.75 Å². The molecule has 1 aliphatic rings. The van der Waals surface area contributed by atoms with Crippen molar-refractivity contribution in [1.29, 1.82) is 0 Å². The molecule has 0 aromatic carbocycles. The van der Waals surface area contributed by atoms with Crippen LogP contribution in [0.5, 0.6) is 0 Å². The van der Waals surface area contributed by atoms with E-state index in [2.05, 4.69) is 25.9 Å². The van der Waals surface area contributed by atoms with E-state index in [9.17, 15) is 9.59 Å². The Hall–Kier alpha value is -2.30. The molecule has 4 heterocycles. The normalized spacial score (nSPS) is 15.1. The molecule has 144 valence electrons. The Morgan fingerprint density at radius 1 is 1.32 bits per heavy atom. The molecule has 0 spiro atoms. The minimum Gasteiger partial charge on any atom is -0.382 e. The molecule has 3 aromatic heterocycles. The Morgan fingerprint density at radius 2 is 2.18 bits per heavy atom. The first-order valence-electron chi connectivity index (χ1n) is 8.47. The monoisotopic (exact) mass is 477 g/mol. The molecular weight excluding hydrogens is 462 g/mol. The zero-order valence-corrected chi connectivity index (χ0v) is 17.9. The van der Waals surface area contributed by atoms with Gasteiger partial charge in [0.15, 0.2) is 0 Å². The van der Waals surface area contributed by atoms with Crippen molar-refractivity contribution in [3.8, 4) is 0 Å². The largest absolute Gasteiger partial charge is 0.382 e. The van der Waals surface area contributed by atoms with E-state index in [4.69, 9.17) is 5.73 Å². The number of carbonyl (C=O) groups is 2. The molecule has 0 saturated carbocycles. The zero-order valence-electron chi connectivity index (χ0n) is 14.7. The third-order valence-electron chi connectivity index (χ3n) is 4.34. The highest BCUT2D eigenvalue weighted by Crippen LogP contribution is 2.28. The number of nitrogens with two attached hydrogens (primary N) is 1. The number of halogens is 1. The summed E-state index contributed by atoms with van der Waals surface area (Å²) < 4.78 is 1.83. The number of rotatable bonds is 4. The molecule has 1 aliphatic heterocycles. The maximum Gasteiger partial charge on any atom is 0.247 e. The van der Waals surface area contributed by atoms with Crippen LogP contribution in [-0.2, 0) is 16.1 Å². The molecule has 0 radical (unpaired) electrons. The van der Waals surface area contributed by atoms with Crippen LogP contribution in [-0.4, -0.2) is 51.2 Å². The Kier molecular flexibility index (Phi) is 5.42. The van der Waals surface area contributed by atoms with Gasteiger partial charge in [-0.05, 0) is 34.1 Å². The number of hydrogen-bond acceptors (Lipinski definition) is 7. The summed E-state index contributed by atoms with van der Waals surface area (Å²) in [4.78, 5) is 38.4. The van der Waals surface area contributed by atoms with Crippen LogP contribution in [0.3, 0.4) is 0 Å². The van der Waals surface area contributed by atoms with E-state index in [0.717, 1.165) is 24.4 Å². The van der Waals surface area contributed by atoms with Crippen molar-refractivity contribution in [3.63, 3.8) is 0 Å². The minimum atomic E-state index is -0.151. The van der Waals surface area contributed by atoms with Crippen LogP contribution in [0.25, 0.3) is 16.3 Å². The van der Waals surface area contributed by atoms with E-state index in [1.54, 1.807) is 27.2 Å². The van der Waals surface area contributed by atoms with Crippen molar-refractivity contribution in [1.82, 2.24) is 19.8 Å². The quantitative estimate of drug-likeness (QED) is 0.583. The van der Waals surface area contributed by atoms with Gasteiger partial charge in [-0.3, -0.25) is 9.59 Å². The smallest absolute Gasteiger partial charge is 0.247 e. The first-order valence-corrected chi connectivity index (χ1v) is 11.0. The summed E-state index contributed by atoms with van der Waals surface area (Å²) in [6, 6.07) is 3.88. The van der Waals surface area contributed by atoms with Crippen LogP contribution in [0.2, 0.25) is 0 Å². The third kappa shape index (κ3) is 4.08. The SMILES string of the molecule is Nc1ncnc2cc(CN3CCN(C(=O)C=Cc4cc(Br)cs4)CC3=O)sc12. The van der Waals surface area contributed by atoms with Gasteiger partial charge in [0.1, 0.15) is 18.7 Å². The summed E-state index contributed by atoms with van der Waals surface area (Å²) in [5, 5.41) is 1.96. The fourth-order valence-electron chi connectivity index (χ4n) is 2.93. The van der Waals surface area contributed by atoms with Crippen LogP contribution < -0.4 is 5.73 Å². The molecule has 3 aromatic rings. The summed E-state index contributed by atoms with van der Waals surface area (Å²) in [5.41, 5.74) is 6.67. The standard InChI is InChI=1S/C18H16BrN5O2S2/c19-11-5-12(27-9-11)1-2-15(25)24-4-3-23(16(26)8-24)7-13-6-14-17(28-13)18(20)22-10-21-14/h1-2,5-6,9-10H,3-4,7-8H2,(H2,20,21,22). The predicted molar refractivity (Wildman–Crippen MR) is 115 cm³/mol. The summed E-state index contributed by atoms with van der Waals surface area (Å²) in [7, 11) is 0. The number of nitrogen functional groups attached to an aromatic ring is 1. The van der Waals surface area contributed by atoms with Crippen molar-refractivity contribution in [3.05, 3.63) is 44.1 Å². The molecule has 0 bridgehead atoms. The second kappa shape index (κ2) is 7.98. The van der Waals surface area contributed by atoms with Crippen molar-refractivity contribution in [2.75, 3.05) is 25.4 Å². The lowest BCUT2D eigenvalue weighted by atomic mass is 10.2. The lowest BCUT2D eigenvalue weighted by molar-refractivity contribution is -0.143. The van der Waals surface area contributed by atoms with Crippen molar-refractivity contribution >= 4 is 72.5 Å². The van der Waals surface area contributed by atoms with Crippen molar-refractivity contribution in [2.45, 2.75) is 6.54 Å². The second-order valence-electron chi connectivity index (χ2n) is 6.26. The molecular formula is C18H16BrN5O2S2. The molecule has 7 nitrogen and oxygen atoms in total.